The number of benzene rings is 1. The van der Waals surface area contributed by atoms with E-state index in [0.29, 0.717) is 11.6 Å². The third-order valence-electron chi connectivity index (χ3n) is 3.14. The van der Waals surface area contributed by atoms with Crippen molar-refractivity contribution in [3.8, 4) is 0 Å². The highest BCUT2D eigenvalue weighted by molar-refractivity contribution is 7.86. The van der Waals surface area contributed by atoms with Gasteiger partial charge >= 0.3 is 0 Å². The van der Waals surface area contributed by atoms with Crippen molar-refractivity contribution in [2.75, 3.05) is 16.4 Å². The lowest BCUT2D eigenvalue weighted by Gasteiger charge is -2.12. The molecule has 0 fully saturated rings. The molecule has 1 heterocycles. The lowest BCUT2D eigenvalue weighted by molar-refractivity contribution is 0.483. The standard InChI is InChI=1S/C13H17ClN6O3S/c1-3-7(2)16-12-18-11(14)19-13(20-12)17-8-4-5-10(9(15)6-8)24(21,22)23/h4-7H,3,15H2,1-2H3,(H,21,22,23)(H2,16,17,18,19,20). The molecule has 11 heteroatoms. The fraction of sp³-hybridized carbons (Fsp3) is 0.308. The summed E-state index contributed by atoms with van der Waals surface area (Å²) < 4.78 is 31.3. The van der Waals surface area contributed by atoms with Crippen molar-refractivity contribution in [2.45, 2.75) is 31.2 Å². The fourth-order valence-corrected chi connectivity index (χ4v) is 2.54. The second-order valence-electron chi connectivity index (χ2n) is 5.06. The predicted octanol–water partition coefficient (Wildman–Crippen LogP) is 2.31. The van der Waals surface area contributed by atoms with E-state index in [0.717, 1.165) is 6.42 Å². The van der Waals surface area contributed by atoms with Crippen molar-refractivity contribution in [1.29, 1.82) is 0 Å². The fourth-order valence-electron chi connectivity index (χ4n) is 1.78. The normalized spacial score (nSPS) is 12.7. The Labute approximate surface area is 144 Å². The number of nitrogens with one attached hydrogen (secondary N) is 2. The highest BCUT2D eigenvalue weighted by atomic mass is 35.5. The lowest BCUT2D eigenvalue weighted by Crippen LogP contribution is -2.16. The zero-order valence-corrected chi connectivity index (χ0v) is 14.6. The van der Waals surface area contributed by atoms with Crippen LogP contribution in [0.3, 0.4) is 0 Å². The largest absolute Gasteiger partial charge is 0.398 e. The molecule has 0 radical (unpaired) electrons. The number of hydrogen-bond acceptors (Lipinski definition) is 8. The molecule has 0 amide bonds. The molecule has 9 nitrogen and oxygen atoms in total. The summed E-state index contributed by atoms with van der Waals surface area (Å²) in [5, 5.41) is 5.93. The summed E-state index contributed by atoms with van der Waals surface area (Å²) in [6, 6.07) is 4.08. The molecule has 0 spiro atoms. The van der Waals surface area contributed by atoms with E-state index in [2.05, 4.69) is 25.6 Å². The molecule has 0 aliphatic carbocycles. The van der Waals surface area contributed by atoms with Gasteiger partial charge in [-0.25, -0.2) is 0 Å². The number of aromatic nitrogens is 3. The van der Waals surface area contributed by atoms with Gasteiger partial charge in [0.1, 0.15) is 4.90 Å². The Morgan fingerprint density at radius 3 is 2.54 bits per heavy atom. The zero-order chi connectivity index (χ0) is 17.9. The van der Waals surface area contributed by atoms with Gasteiger partial charge in [0.15, 0.2) is 0 Å². The van der Waals surface area contributed by atoms with E-state index in [9.17, 15) is 8.42 Å². The Morgan fingerprint density at radius 2 is 1.96 bits per heavy atom. The topological polar surface area (TPSA) is 143 Å². The third-order valence-corrected chi connectivity index (χ3v) is 4.24. The maximum atomic E-state index is 11.1. The number of anilines is 4. The number of nitrogen functional groups attached to an aromatic ring is 1. The minimum Gasteiger partial charge on any atom is -0.398 e. The van der Waals surface area contributed by atoms with Crippen LogP contribution in [0.5, 0.6) is 0 Å². The van der Waals surface area contributed by atoms with Crippen LogP contribution in [-0.4, -0.2) is 34.0 Å². The van der Waals surface area contributed by atoms with E-state index in [4.69, 9.17) is 21.9 Å². The van der Waals surface area contributed by atoms with Crippen LogP contribution >= 0.6 is 11.6 Å². The molecule has 0 aliphatic rings. The van der Waals surface area contributed by atoms with Crippen molar-refractivity contribution < 1.29 is 13.0 Å². The van der Waals surface area contributed by atoms with Crippen LogP contribution in [0.4, 0.5) is 23.3 Å². The first kappa shape index (κ1) is 18.2. The molecule has 1 atom stereocenters. The molecule has 5 N–H and O–H groups in total. The maximum absolute atomic E-state index is 11.1. The molecule has 0 saturated carbocycles. The van der Waals surface area contributed by atoms with Crippen molar-refractivity contribution >= 4 is 45.0 Å². The number of nitrogens with zero attached hydrogens (tertiary/aromatic N) is 3. The van der Waals surface area contributed by atoms with E-state index in [1.54, 1.807) is 0 Å². The molecule has 130 valence electrons. The van der Waals surface area contributed by atoms with Crippen molar-refractivity contribution in [2.24, 2.45) is 0 Å². The van der Waals surface area contributed by atoms with E-state index in [1.165, 1.54) is 18.2 Å². The van der Waals surface area contributed by atoms with Gasteiger partial charge in [-0.15, -0.1) is 0 Å². The van der Waals surface area contributed by atoms with Gasteiger partial charge in [0.2, 0.25) is 17.2 Å². The minimum absolute atomic E-state index is 0.000770. The Balaban J connectivity index is 2.26. The van der Waals surface area contributed by atoms with Crippen molar-refractivity contribution in [3.05, 3.63) is 23.5 Å². The van der Waals surface area contributed by atoms with Crippen LogP contribution in [0.1, 0.15) is 20.3 Å². The van der Waals surface area contributed by atoms with Gasteiger partial charge in [-0.2, -0.15) is 23.4 Å². The molecule has 2 rings (SSSR count). The number of nitrogens with two attached hydrogens (primary N) is 1. The van der Waals surface area contributed by atoms with Crippen LogP contribution in [0.2, 0.25) is 5.28 Å². The summed E-state index contributed by atoms with van der Waals surface area (Å²) in [6.07, 6.45) is 0.875. The van der Waals surface area contributed by atoms with Crippen LogP contribution in [0.15, 0.2) is 23.1 Å². The molecular weight excluding hydrogens is 356 g/mol. The SMILES string of the molecule is CCC(C)Nc1nc(Cl)nc(Nc2ccc(S(=O)(=O)O)c(N)c2)n1. The summed E-state index contributed by atoms with van der Waals surface area (Å²) in [7, 11) is -4.38. The first-order valence-corrected chi connectivity index (χ1v) is 8.83. The van der Waals surface area contributed by atoms with E-state index in [1.807, 2.05) is 13.8 Å². The average Bonchev–Trinajstić information content (AvgIpc) is 2.45. The molecular formula is C13H17ClN6O3S. The van der Waals surface area contributed by atoms with Crippen molar-refractivity contribution in [3.63, 3.8) is 0 Å². The van der Waals surface area contributed by atoms with Crippen LogP contribution in [0.25, 0.3) is 0 Å². The van der Waals surface area contributed by atoms with Gasteiger partial charge in [-0.1, -0.05) is 6.92 Å². The van der Waals surface area contributed by atoms with Gasteiger partial charge in [-0.05, 0) is 43.1 Å². The first-order chi connectivity index (χ1) is 11.2. The lowest BCUT2D eigenvalue weighted by atomic mass is 10.3. The number of halogens is 1. The highest BCUT2D eigenvalue weighted by Gasteiger charge is 2.14. The molecule has 1 unspecified atom stereocenters. The zero-order valence-electron chi connectivity index (χ0n) is 13.0. The molecule has 1 aromatic carbocycles. The maximum Gasteiger partial charge on any atom is 0.296 e. The smallest absolute Gasteiger partial charge is 0.296 e. The van der Waals surface area contributed by atoms with Gasteiger partial charge in [0.05, 0.1) is 5.69 Å². The van der Waals surface area contributed by atoms with Gasteiger partial charge in [0, 0.05) is 11.7 Å². The summed E-state index contributed by atoms with van der Waals surface area (Å²) in [4.78, 5) is 11.7. The Hall–Kier alpha value is -2.17. The van der Waals surface area contributed by atoms with Crippen LogP contribution in [-0.2, 0) is 10.1 Å². The number of hydrogen-bond donors (Lipinski definition) is 4. The van der Waals surface area contributed by atoms with Gasteiger partial charge in [0.25, 0.3) is 10.1 Å². The van der Waals surface area contributed by atoms with Gasteiger partial charge < -0.3 is 16.4 Å². The second kappa shape index (κ2) is 7.16. The Morgan fingerprint density at radius 1 is 1.29 bits per heavy atom. The highest BCUT2D eigenvalue weighted by Crippen LogP contribution is 2.24. The summed E-state index contributed by atoms with van der Waals surface area (Å²) in [5.74, 6) is 0.481. The third kappa shape index (κ3) is 4.66. The Bertz CT molecular complexity index is 846. The van der Waals surface area contributed by atoms with E-state index >= 15 is 0 Å². The summed E-state index contributed by atoms with van der Waals surface area (Å²) in [6.45, 7) is 3.98. The molecule has 0 saturated heterocycles. The van der Waals surface area contributed by atoms with E-state index < -0.39 is 10.1 Å². The average molecular weight is 373 g/mol. The quantitative estimate of drug-likeness (QED) is 0.443. The molecule has 2 aromatic rings. The van der Waals surface area contributed by atoms with Crippen molar-refractivity contribution in [1.82, 2.24) is 15.0 Å². The molecule has 0 bridgehead atoms. The first-order valence-electron chi connectivity index (χ1n) is 7.01. The molecule has 24 heavy (non-hydrogen) atoms. The molecule has 1 aromatic heterocycles. The van der Waals surface area contributed by atoms with Crippen LogP contribution < -0.4 is 16.4 Å². The monoisotopic (exact) mass is 372 g/mol. The van der Waals surface area contributed by atoms with Gasteiger partial charge in [-0.3, -0.25) is 4.55 Å². The second-order valence-corrected chi connectivity index (χ2v) is 6.79. The Kier molecular flexibility index (Phi) is 5.42. The van der Waals surface area contributed by atoms with E-state index in [-0.39, 0.29) is 27.9 Å². The molecule has 0 aliphatic heterocycles. The summed E-state index contributed by atoms with van der Waals surface area (Å²) >= 11 is 5.88. The minimum atomic E-state index is -4.38. The summed E-state index contributed by atoms with van der Waals surface area (Å²) in [5.41, 5.74) is 5.95. The van der Waals surface area contributed by atoms with Crippen LogP contribution in [0, 0.1) is 0 Å². The number of rotatable bonds is 6. The predicted molar refractivity (Wildman–Crippen MR) is 92.2 cm³/mol.